The van der Waals surface area contributed by atoms with E-state index in [1.807, 2.05) is 18.7 Å². The second kappa shape index (κ2) is 5.17. The van der Waals surface area contributed by atoms with Crippen LogP contribution in [0.5, 0.6) is 0 Å². The van der Waals surface area contributed by atoms with E-state index in [2.05, 4.69) is 0 Å². The van der Waals surface area contributed by atoms with Gasteiger partial charge in [-0.15, -0.1) is 0 Å². The molecular weight excluding hydrogens is 228 g/mol. The molecule has 1 saturated heterocycles. The first-order chi connectivity index (χ1) is 8.43. The topological polar surface area (TPSA) is 55.6 Å². The monoisotopic (exact) mass is 254 g/mol. The Labute approximate surface area is 110 Å². The minimum atomic E-state index is -0.368. The minimum absolute atomic E-state index is 0.212. The number of methoxy groups -OCH3 is 1. The van der Waals surface area contributed by atoms with Crippen LogP contribution in [-0.2, 0) is 9.53 Å². The first-order valence-corrected chi connectivity index (χ1v) is 7.01. The van der Waals surface area contributed by atoms with E-state index in [-0.39, 0.29) is 17.6 Å². The molecule has 1 saturated carbocycles. The van der Waals surface area contributed by atoms with Crippen molar-refractivity contribution in [2.45, 2.75) is 51.2 Å². The van der Waals surface area contributed by atoms with Gasteiger partial charge in [0.05, 0.1) is 12.0 Å². The summed E-state index contributed by atoms with van der Waals surface area (Å²) in [5.41, 5.74) is 5.80. The van der Waals surface area contributed by atoms with Gasteiger partial charge in [0.15, 0.2) is 0 Å². The number of hydrogen-bond acceptors (Lipinski definition) is 3. The minimum Gasteiger partial charge on any atom is -0.378 e. The van der Waals surface area contributed by atoms with Crippen molar-refractivity contribution >= 4 is 5.91 Å². The van der Waals surface area contributed by atoms with E-state index in [4.69, 9.17) is 10.5 Å². The highest BCUT2D eigenvalue weighted by molar-refractivity contribution is 5.77. The van der Waals surface area contributed by atoms with Gasteiger partial charge in [-0.25, -0.2) is 0 Å². The summed E-state index contributed by atoms with van der Waals surface area (Å²) in [5.74, 6) is 1.36. The van der Waals surface area contributed by atoms with Crippen LogP contribution in [0.3, 0.4) is 0 Å². The summed E-state index contributed by atoms with van der Waals surface area (Å²) in [6, 6.07) is 0.289. The van der Waals surface area contributed by atoms with E-state index in [0.29, 0.717) is 18.3 Å². The molecule has 0 aromatic carbocycles. The summed E-state index contributed by atoms with van der Waals surface area (Å²) < 4.78 is 5.34. The number of ether oxygens (including phenoxy) is 1. The van der Waals surface area contributed by atoms with Gasteiger partial charge in [0, 0.05) is 26.2 Å². The molecule has 4 heteroatoms. The Morgan fingerprint density at radius 3 is 2.72 bits per heavy atom. The van der Waals surface area contributed by atoms with Crippen molar-refractivity contribution in [1.29, 1.82) is 0 Å². The molecule has 2 N–H and O–H groups in total. The summed E-state index contributed by atoms with van der Waals surface area (Å²) in [6.07, 6.45) is 4.02. The molecule has 1 aliphatic heterocycles. The van der Waals surface area contributed by atoms with Gasteiger partial charge in [0.2, 0.25) is 5.91 Å². The van der Waals surface area contributed by atoms with Gasteiger partial charge in [-0.1, -0.05) is 6.42 Å². The number of likely N-dealkylation sites (tertiary alicyclic amines) is 1. The Morgan fingerprint density at radius 2 is 2.11 bits per heavy atom. The lowest BCUT2D eigenvalue weighted by Gasteiger charge is -2.29. The van der Waals surface area contributed by atoms with Gasteiger partial charge >= 0.3 is 0 Å². The van der Waals surface area contributed by atoms with Gasteiger partial charge in [-0.2, -0.15) is 0 Å². The lowest BCUT2D eigenvalue weighted by molar-refractivity contribution is -0.135. The predicted molar refractivity (Wildman–Crippen MR) is 71.1 cm³/mol. The molecular formula is C14H26N2O2. The molecule has 0 aromatic rings. The lowest BCUT2D eigenvalue weighted by Crippen LogP contribution is -2.39. The Balaban J connectivity index is 1.94. The van der Waals surface area contributed by atoms with Crippen molar-refractivity contribution < 1.29 is 9.53 Å². The molecule has 1 heterocycles. The summed E-state index contributed by atoms with van der Waals surface area (Å²) in [4.78, 5) is 14.3. The van der Waals surface area contributed by atoms with Crippen LogP contribution in [0, 0.1) is 11.8 Å². The summed E-state index contributed by atoms with van der Waals surface area (Å²) in [7, 11) is 1.66. The maximum absolute atomic E-state index is 12.3. The van der Waals surface area contributed by atoms with Crippen LogP contribution in [0.25, 0.3) is 0 Å². The largest absolute Gasteiger partial charge is 0.378 e. The maximum atomic E-state index is 12.3. The molecule has 0 spiro atoms. The fourth-order valence-corrected chi connectivity index (χ4v) is 3.27. The quantitative estimate of drug-likeness (QED) is 0.828. The van der Waals surface area contributed by atoms with Crippen LogP contribution < -0.4 is 5.73 Å². The molecule has 2 fully saturated rings. The number of amides is 1. The highest BCUT2D eigenvalue weighted by atomic mass is 16.5. The molecule has 1 amide bonds. The summed E-state index contributed by atoms with van der Waals surface area (Å²) in [5, 5.41) is 0. The molecule has 2 aliphatic rings. The predicted octanol–water partition coefficient (Wildman–Crippen LogP) is 1.39. The van der Waals surface area contributed by atoms with Crippen LogP contribution >= 0.6 is 0 Å². The van der Waals surface area contributed by atoms with Gasteiger partial charge in [-0.05, 0) is 38.5 Å². The molecule has 1 aliphatic carbocycles. The zero-order valence-electron chi connectivity index (χ0n) is 11.8. The maximum Gasteiger partial charge on any atom is 0.225 e. The van der Waals surface area contributed by atoms with Crippen molar-refractivity contribution in [2.24, 2.45) is 17.6 Å². The average Bonchev–Trinajstić information content (AvgIpc) is 2.74. The number of hydrogen-bond donors (Lipinski definition) is 1. The number of nitrogens with two attached hydrogens (primary N) is 1. The van der Waals surface area contributed by atoms with Crippen LogP contribution in [0.4, 0.5) is 0 Å². The third-order valence-electron chi connectivity index (χ3n) is 4.64. The first kappa shape index (κ1) is 13.8. The van der Waals surface area contributed by atoms with Crippen LogP contribution in [0.15, 0.2) is 0 Å². The molecule has 18 heavy (non-hydrogen) atoms. The SMILES string of the molecule is COC(C)(C)CC(=O)N1CC2CCCC(N)C2C1. The molecule has 3 unspecified atom stereocenters. The molecule has 2 rings (SSSR count). The van der Waals surface area contributed by atoms with Gasteiger partial charge in [0.1, 0.15) is 0 Å². The Hall–Kier alpha value is -0.610. The van der Waals surface area contributed by atoms with Crippen molar-refractivity contribution in [3.05, 3.63) is 0 Å². The Kier molecular flexibility index (Phi) is 3.97. The normalized spacial score (nSPS) is 32.4. The number of nitrogens with zero attached hydrogens (tertiary/aromatic N) is 1. The van der Waals surface area contributed by atoms with Crippen molar-refractivity contribution in [3.8, 4) is 0 Å². The van der Waals surface area contributed by atoms with E-state index < -0.39 is 0 Å². The molecule has 0 radical (unpaired) electrons. The van der Waals surface area contributed by atoms with Crippen LogP contribution in [0.2, 0.25) is 0 Å². The zero-order valence-corrected chi connectivity index (χ0v) is 11.8. The Bertz CT molecular complexity index is 317. The van der Waals surface area contributed by atoms with E-state index >= 15 is 0 Å². The number of carbonyl (C=O) groups excluding carboxylic acids is 1. The number of rotatable bonds is 3. The fraction of sp³-hybridized carbons (Fsp3) is 0.929. The van der Waals surface area contributed by atoms with Crippen molar-refractivity contribution in [3.63, 3.8) is 0 Å². The highest BCUT2D eigenvalue weighted by Crippen LogP contribution is 2.36. The third kappa shape index (κ3) is 2.86. The van der Waals surface area contributed by atoms with Gasteiger partial charge in [0.25, 0.3) is 0 Å². The van der Waals surface area contributed by atoms with Crippen LogP contribution in [-0.4, -0.2) is 42.6 Å². The second-order valence-corrected chi connectivity index (χ2v) is 6.46. The van der Waals surface area contributed by atoms with E-state index in [1.54, 1.807) is 7.11 Å². The average molecular weight is 254 g/mol. The second-order valence-electron chi connectivity index (χ2n) is 6.46. The number of carbonyl (C=O) groups is 1. The van der Waals surface area contributed by atoms with Gasteiger partial charge in [-0.3, -0.25) is 4.79 Å². The fourth-order valence-electron chi connectivity index (χ4n) is 3.27. The van der Waals surface area contributed by atoms with E-state index in [9.17, 15) is 4.79 Å². The Morgan fingerprint density at radius 1 is 1.39 bits per heavy atom. The highest BCUT2D eigenvalue weighted by Gasteiger charge is 2.41. The molecule has 104 valence electrons. The molecule has 4 nitrogen and oxygen atoms in total. The summed E-state index contributed by atoms with van der Waals surface area (Å²) >= 11 is 0. The molecule has 3 atom stereocenters. The smallest absolute Gasteiger partial charge is 0.225 e. The van der Waals surface area contributed by atoms with Crippen LogP contribution in [0.1, 0.15) is 39.5 Å². The van der Waals surface area contributed by atoms with Crippen molar-refractivity contribution in [2.75, 3.05) is 20.2 Å². The first-order valence-electron chi connectivity index (χ1n) is 7.01. The molecule has 0 aromatic heterocycles. The van der Waals surface area contributed by atoms with E-state index in [0.717, 1.165) is 19.5 Å². The number of fused-ring (bicyclic) bond motifs is 1. The lowest BCUT2D eigenvalue weighted by atomic mass is 9.78. The third-order valence-corrected chi connectivity index (χ3v) is 4.64. The standard InChI is InChI=1S/C14H26N2O2/c1-14(2,18-3)7-13(17)16-8-10-5-4-6-12(15)11(10)9-16/h10-12H,4-9,15H2,1-3H3. The van der Waals surface area contributed by atoms with Crippen molar-refractivity contribution in [1.82, 2.24) is 4.90 Å². The van der Waals surface area contributed by atoms with E-state index in [1.165, 1.54) is 12.8 Å². The molecule has 0 bridgehead atoms. The van der Waals surface area contributed by atoms with Gasteiger partial charge < -0.3 is 15.4 Å². The summed E-state index contributed by atoms with van der Waals surface area (Å²) in [6.45, 7) is 5.67. The zero-order chi connectivity index (χ0) is 13.3.